The van der Waals surface area contributed by atoms with Gasteiger partial charge in [-0.2, -0.15) is 0 Å². The first-order valence-corrected chi connectivity index (χ1v) is 6.49. The molecule has 1 N–H and O–H groups in total. The van der Waals surface area contributed by atoms with Crippen LogP contribution < -0.4 is 4.74 Å². The second kappa shape index (κ2) is 4.50. The molecule has 1 heterocycles. The average Bonchev–Trinajstić information content (AvgIpc) is 2.82. The van der Waals surface area contributed by atoms with Gasteiger partial charge in [0.15, 0.2) is 0 Å². The zero-order valence-corrected chi connectivity index (χ0v) is 11.5. The molecule has 0 radical (unpaired) electrons. The molecule has 0 unspecified atom stereocenters. The van der Waals surface area contributed by atoms with E-state index >= 15 is 0 Å². The van der Waals surface area contributed by atoms with Crippen molar-refractivity contribution in [2.75, 3.05) is 7.11 Å². The molecule has 2 nitrogen and oxygen atoms in total. The van der Waals surface area contributed by atoms with Gasteiger partial charge in [-0.25, -0.2) is 0 Å². The summed E-state index contributed by atoms with van der Waals surface area (Å²) in [6.45, 7) is 0. The lowest BCUT2D eigenvalue weighted by Crippen LogP contribution is -1.81. The van der Waals surface area contributed by atoms with Gasteiger partial charge in [0.05, 0.1) is 7.11 Å². The highest BCUT2D eigenvalue weighted by atomic mass is 79.9. The number of rotatable bonds is 2. The number of hydrogen-bond donors (Lipinski definition) is 1. The van der Waals surface area contributed by atoms with E-state index in [1.807, 2.05) is 30.3 Å². The minimum absolute atomic E-state index is 0.891. The monoisotopic (exact) mass is 301 g/mol. The lowest BCUT2D eigenvalue weighted by Gasteiger charge is -2.00. The second-order valence-corrected chi connectivity index (χ2v) is 4.94. The number of hydrogen-bond acceptors (Lipinski definition) is 1. The molecule has 90 valence electrons. The Morgan fingerprint density at radius 3 is 2.67 bits per heavy atom. The molecular weight excluding hydrogens is 290 g/mol. The topological polar surface area (TPSA) is 25.0 Å². The van der Waals surface area contributed by atoms with Crippen LogP contribution in [0.3, 0.4) is 0 Å². The molecule has 0 atom stereocenters. The molecular formula is C15H12BrNO. The molecule has 3 aromatic rings. The normalized spacial score (nSPS) is 10.8. The molecule has 18 heavy (non-hydrogen) atoms. The number of H-pyrrole nitrogens is 1. The van der Waals surface area contributed by atoms with Crippen molar-refractivity contribution in [1.29, 1.82) is 0 Å². The lowest BCUT2D eigenvalue weighted by molar-refractivity contribution is 0.420. The van der Waals surface area contributed by atoms with E-state index in [2.05, 4.69) is 39.1 Å². The zero-order chi connectivity index (χ0) is 12.5. The first-order chi connectivity index (χ1) is 8.79. The first kappa shape index (κ1) is 11.4. The van der Waals surface area contributed by atoms with Crippen molar-refractivity contribution >= 4 is 26.8 Å². The maximum atomic E-state index is 5.38. The van der Waals surface area contributed by atoms with Crippen molar-refractivity contribution in [2.45, 2.75) is 0 Å². The van der Waals surface area contributed by atoms with Crippen LogP contribution in [0.5, 0.6) is 5.75 Å². The van der Waals surface area contributed by atoms with Gasteiger partial charge in [0, 0.05) is 26.6 Å². The molecule has 2 aromatic carbocycles. The van der Waals surface area contributed by atoms with Gasteiger partial charge in [0.2, 0.25) is 0 Å². The number of benzene rings is 2. The minimum Gasteiger partial charge on any atom is -0.496 e. The molecule has 0 aliphatic carbocycles. The SMILES string of the molecule is COc1cccc2[nH]c(-c3ccccc3Br)cc12. The Morgan fingerprint density at radius 2 is 1.89 bits per heavy atom. The molecule has 0 aliphatic heterocycles. The summed E-state index contributed by atoms with van der Waals surface area (Å²) in [6, 6.07) is 16.3. The summed E-state index contributed by atoms with van der Waals surface area (Å²) >= 11 is 3.57. The summed E-state index contributed by atoms with van der Waals surface area (Å²) in [5.41, 5.74) is 3.32. The van der Waals surface area contributed by atoms with Crippen LogP contribution >= 0.6 is 15.9 Å². The number of fused-ring (bicyclic) bond motifs is 1. The number of halogens is 1. The second-order valence-electron chi connectivity index (χ2n) is 4.08. The quantitative estimate of drug-likeness (QED) is 0.735. The number of methoxy groups -OCH3 is 1. The average molecular weight is 302 g/mol. The molecule has 3 rings (SSSR count). The molecule has 0 spiro atoms. The predicted molar refractivity (Wildman–Crippen MR) is 78.0 cm³/mol. The van der Waals surface area contributed by atoms with Gasteiger partial charge in [-0.05, 0) is 24.3 Å². The summed E-state index contributed by atoms with van der Waals surface area (Å²) in [5.74, 6) is 0.891. The fourth-order valence-electron chi connectivity index (χ4n) is 2.13. The molecule has 0 aliphatic rings. The largest absolute Gasteiger partial charge is 0.496 e. The van der Waals surface area contributed by atoms with Crippen molar-refractivity contribution < 1.29 is 4.74 Å². The first-order valence-electron chi connectivity index (χ1n) is 5.70. The number of ether oxygens (including phenoxy) is 1. The van der Waals surface area contributed by atoms with E-state index in [1.165, 1.54) is 0 Å². The van der Waals surface area contributed by atoms with E-state index in [4.69, 9.17) is 4.74 Å². The Kier molecular flexibility index (Phi) is 2.84. The smallest absolute Gasteiger partial charge is 0.128 e. The van der Waals surface area contributed by atoms with Gasteiger partial charge < -0.3 is 9.72 Å². The predicted octanol–water partition coefficient (Wildman–Crippen LogP) is 4.61. The third-order valence-electron chi connectivity index (χ3n) is 3.01. The zero-order valence-electron chi connectivity index (χ0n) is 9.91. The fraction of sp³-hybridized carbons (Fsp3) is 0.0667. The maximum Gasteiger partial charge on any atom is 0.128 e. The number of aromatic amines is 1. The molecule has 1 aromatic heterocycles. The van der Waals surface area contributed by atoms with Crippen molar-refractivity contribution in [2.24, 2.45) is 0 Å². The Morgan fingerprint density at radius 1 is 1.06 bits per heavy atom. The highest BCUT2D eigenvalue weighted by Crippen LogP contribution is 2.33. The van der Waals surface area contributed by atoms with Gasteiger partial charge in [0.25, 0.3) is 0 Å². The van der Waals surface area contributed by atoms with Crippen LogP contribution in [0.2, 0.25) is 0 Å². The maximum absolute atomic E-state index is 5.38. The summed E-state index contributed by atoms with van der Waals surface area (Å²) < 4.78 is 6.45. The molecule has 0 amide bonds. The molecule has 0 saturated carbocycles. The molecule has 0 bridgehead atoms. The summed E-state index contributed by atoms with van der Waals surface area (Å²) in [5, 5.41) is 1.10. The van der Waals surface area contributed by atoms with E-state index in [0.29, 0.717) is 0 Å². The number of aromatic nitrogens is 1. The van der Waals surface area contributed by atoms with Crippen LogP contribution in [0, 0.1) is 0 Å². The third-order valence-corrected chi connectivity index (χ3v) is 3.70. The molecule has 0 saturated heterocycles. The third kappa shape index (κ3) is 1.81. The van der Waals surface area contributed by atoms with E-state index in [-0.39, 0.29) is 0 Å². The van der Waals surface area contributed by atoms with E-state index in [9.17, 15) is 0 Å². The molecule has 3 heteroatoms. The van der Waals surface area contributed by atoms with E-state index < -0.39 is 0 Å². The van der Waals surface area contributed by atoms with Crippen molar-refractivity contribution in [3.63, 3.8) is 0 Å². The lowest BCUT2D eigenvalue weighted by atomic mass is 10.1. The van der Waals surface area contributed by atoms with Gasteiger partial charge in [0.1, 0.15) is 5.75 Å². The van der Waals surface area contributed by atoms with Crippen LogP contribution in [0.15, 0.2) is 53.0 Å². The summed E-state index contributed by atoms with van der Waals surface area (Å²) in [4.78, 5) is 3.42. The standard InChI is InChI=1S/C15H12BrNO/c1-18-15-8-4-7-13-11(15)9-14(17-13)10-5-2-3-6-12(10)16/h2-9,17H,1H3. The Balaban J connectivity index is 2.23. The minimum atomic E-state index is 0.891. The highest BCUT2D eigenvalue weighted by molar-refractivity contribution is 9.10. The number of nitrogens with one attached hydrogen (secondary N) is 1. The van der Waals surface area contributed by atoms with Crippen LogP contribution in [0.4, 0.5) is 0 Å². The van der Waals surface area contributed by atoms with Crippen molar-refractivity contribution in [3.8, 4) is 17.0 Å². The van der Waals surface area contributed by atoms with Crippen molar-refractivity contribution in [1.82, 2.24) is 4.98 Å². The van der Waals surface area contributed by atoms with Crippen molar-refractivity contribution in [3.05, 3.63) is 53.0 Å². The van der Waals surface area contributed by atoms with Crippen LogP contribution in [-0.2, 0) is 0 Å². The van der Waals surface area contributed by atoms with Gasteiger partial charge in [-0.3, -0.25) is 0 Å². The Hall–Kier alpha value is -1.74. The Bertz CT molecular complexity index is 703. The Labute approximate surface area is 114 Å². The van der Waals surface area contributed by atoms with Gasteiger partial charge in [-0.15, -0.1) is 0 Å². The molecule has 0 fully saturated rings. The van der Waals surface area contributed by atoms with Crippen LogP contribution in [0.25, 0.3) is 22.2 Å². The summed E-state index contributed by atoms with van der Waals surface area (Å²) in [6.07, 6.45) is 0. The van der Waals surface area contributed by atoms with Crippen LogP contribution in [-0.4, -0.2) is 12.1 Å². The summed E-state index contributed by atoms with van der Waals surface area (Å²) in [7, 11) is 1.69. The fourth-order valence-corrected chi connectivity index (χ4v) is 2.63. The van der Waals surface area contributed by atoms with E-state index in [0.717, 1.165) is 32.4 Å². The van der Waals surface area contributed by atoms with Gasteiger partial charge >= 0.3 is 0 Å². The van der Waals surface area contributed by atoms with E-state index in [1.54, 1.807) is 7.11 Å². The highest BCUT2D eigenvalue weighted by Gasteiger charge is 2.08. The van der Waals surface area contributed by atoms with Gasteiger partial charge in [-0.1, -0.05) is 40.2 Å². The van der Waals surface area contributed by atoms with Crippen LogP contribution in [0.1, 0.15) is 0 Å².